The van der Waals surface area contributed by atoms with Crippen molar-refractivity contribution < 1.29 is 19.1 Å². The average molecular weight is 282 g/mol. The summed E-state index contributed by atoms with van der Waals surface area (Å²) in [4.78, 5) is 23.0. The smallest absolute Gasteiger partial charge is 0.327 e. The van der Waals surface area contributed by atoms with Crippen molar-refractivity contribution >= 4 is 17.7 Å². The Kier molecular flexibility index (Phi) is 4.70. The summed E-state index contributed by atoms with van der Waals surface area (Å²) in [6.45, 7) is 0.416. The van der Waals surface area contributed by atoms with Crippen molar-refractivity contribution in [1.82, 2.24) is 9.78 Å². The first kappa shape index (κ1) is 14.5. The Bertz CT molecular complexity index is 488. The van der Waals surface area contributed by atoms with Gasteiger partial charge < -0.3 is 20.5 Å². The number of nitrogens with two attached hydrogens (primary N) is 1. The van der Waals surface area contributed by atoms with Gasteiger partial charge in [0.1, 0.15) is 12.6 Å². The van der Waals surface area contributed by atoms with Crippen molar-refractivity contribution in [2.75, 3.05) is 19.0 Å². The fourth-order valence-electron chi connectivity index (χ4n) is 1.99. The zero-order valence-corrected chi connectivity index (χ0v) is 11.2. The maximum absolute atomic E-state index is 11.9. The maximum Gasteiger partial charge on any atom is 0.327 e. The van der Waals surface area contributed by atoms with Crippen molar-refractivity contribution in [2.45, 2.75) is 31.6 Å². The lowest BCUT2D eigenvalue weighted by molar-refractivity contribution is -0.141. The topological polar surface area (TPSA) is 108 Å². The van der Waals surface area contributed by atoms with Crippen LogP contribution in [-0.2, 0) is 25.6 Å². The number of anilines is 1. The van der Waals surface area contributed by atoms with Crippen LogP contribution >= 0.6 is 0 Å². The van der Waals surface area contributed by atoms with Crippen LogP contribution in [0, 0.1) is 0 Å². The number of hydrogen-bond acceptors (Lipinski definition) is 6. The third-order valence-electron chi connectivity index (χ3n) is 3.07. The van der Waals surface area contributed by atoms with Crippen LogP contribution in [0.3, 0.4) is 0 Å². The molecule has 0 bridgehead atoms. The third kappa shape index (κ3) is 3.55. The molecule has 2 heterocycles. The highest BCUT2D eigenvalue weighted by molar-refractivity contribution is 5.93. The van der Waals surface area contributed by atoms with E-state index in [0.29, 0.717) is 18.8 Å². The molecule has 3 N–H and O–H groups in total. The van der Waals surface area contributed by atoms with E-state index in [1.165, 1.54) is 11.8 Å². The van der Waals surface area contributed by atoms with E-state index in [-0.39, 0.29) is 18.6 Å². The van der Waals surface area contributed by atoms with Gasteiger partial charge in [0.15, 0.2) is 5.82 Å². The van der Waals surface area contributed by atoms with Crippen LogP contribution in [0.15, 0.2) is 12.3 Å². The van der Waals surface area contributed by atoms with Gasteiger partial charge in [-0.2, -0.15) is 5.10 Å². The van der Waals surface area contributed by atoms with Crippen molar-refractivity contribution in [3.05, 3.63) is 12.3 Å². The van der Waals surface area contributed by atoms with Crippen LogP contribution in [-0.4, -0.2) is 47.5 Å². The van der Waals surface area contributed by atoms with Gasteiger partial charge in [-0.25, -0.2) is 0 Å². The highest BCUT2D eigenvalue weighted by Gasteiger charge is 2.30. The highest BCUT2D eigenvalue weighted by Crippen LogP contribution is 2.20. The first-order chi connectivity index (χ1) is 9.62. The number of amides is 1. The number of esters is 1. The van der Waals surface area contributed by atoms with Crippen molar-refractivity contribution in [2.24, 2.45) is 5.73 Å². The second-order valence-electron chi connectivity index (χ2n) is 4.52. The Labute approximate surface area is 116 Å². The molecule has 1 aliphatic rings. The molecule has 2 atom stereocenters. The van der Waals surface area contributed by atoms with E-state index in [1.54, 1.807) is 12.3 Å². The van der Waals surface area contributed by atoms with Gasteiger partial charge in [0.05, 0.1) is 13.2 Å². The Morgan fingerprint density at radius 3 is 3.05 bits per heavy atom. The molecule has 0 aromatic carbocycles. The van der Waals surface area contributed by atoms with Crippen molar-refractivity contribution in [3.63, 3.8) is 0 Å². The summed E-state index contributed by atoms with van der Waals surface area (Å²) in [7, 11) is 1.31. The van der Waals surface area contributed by atoms with E-state index in [0.717, 1.165) is 6.42 Å². The molecule has 0 radical (unpaired) electrons. The molecule has 1 amide bonds. The van der Waals surface area contributed by atoms with Gasteiger partial charge in [0.2, 0.25) is 0 Å². The highest BCUT2D eigenvalue weighted by atomic mass is 16.5. The number of aromatic nitrogens is 2. The molecule has 0 aliphatic carbocycles. The molecular formula is C12H18N4O4. The molecule has 0 spiro atoms. The predicted molar refractivity (Wildman–Crippen MR) is 69.8 cm³/mol. The molecule has 1 saturated heterocycles. The number of rotatable bonds is 5. The summed E-state index contributed by atoms with van der Waals surface area (Å²) < 4.78 is 11.4. The number of carbonyl (C=O) groups is 2. The van der Waals surface area contributed by atoms with Crippen LogP contribution in [0.25, 0.3) is 0 Å². The fraction of sp³-hybridized carbons (Fsp3) is 0.583. The van der Waals surface area contributed by atoms with Gasteiger partial charge in [-0.15, -0.1) is 0 Å². The van der Waals surface area contributed by atoms with Gasteiger partial charge in [-0.1, -0.05) is 0 Å². The number of hydrogen-bond donors (Lipinski definition) is 2. The van der Waals surface area contributed by atoms with E-state index in [2.05, 4.69) is 15.2 Å². The molecule has 1 fully saturated rings. The monoisotopic (exact) mass is 282 g/mol. The van der Waals surface area contributed by atoms with Gasteiger partial charge in [-0.3, -0.25) is 14.3 Å². The lowest BCUT2D eigenvalue weighted by atomic mass is 10.2. The van der Waals surface area contributed by atoms with E-state index in [4.69, 9.17) is 10.5 Å². The minimum Gasteiger partial charge on any atom is -0.468 e. The Morgan fingerprint density at radius 1 is 1.60 bits per heavy atom. The standard InChI is InChI=1S/C12H18N4O4/c1-19-11(17)7-16-5-4-10(15-16)14-12(18)9-3-2-8(6-13)20-9/h4-5,8-9H,2-3,6-7,13H2,1H3,(H,14,15,18)/t8-,9+/m1/s1. The number of ether oxygens (including phenoxy) is 2. The van der Waals surface area contributed by atoms with Crippen molar-refractivity contribution in [1.29, 1.82) is 0 Å². The number of carbonyl (C=O) groups excluding carboxylic acids is 2. The molecule has 1 aromatic heterocycles. The minimum absolute atomic E-state index is 0.00153. The second kappa shape index (κ2) is 6.49. The summed E-state index contributed by atoms with van der Waals surface area (Å²) >= 11 is 0. The molecule has 8 nitrogen and oxygen atoms in total. The lowest BCUT2D eigenvalue weighted by Crippen LogP contribution is -2.30. The number of nitrogens with zero attached hydrogens (tertiary/aromatic N) is 2. The normalized spacial score (nSPS) is 21.7. The zero-order valence-electron chi connectivity index (χ0n) is 11.2. The van der Waals surface area contributed by atoms with Crippen LogP contribution in [0.4, 0.5) is 5.82 Å². The number of nitrogens with one attached hydrogen (secondary N) is 1. The fourth-order valence-corrected chi connectivity index (χ4v) is 1.99. The summed E-state index contributed by atoms with van der Waals surface area (Å²) in [5.41, 5.74) is 5.50. The zero-order chi connectivity index (χ0) is 14.5. The second-order valence-corrected chi connectivity index (χ2v) is 4.52. The molecule has 1 aromatic rings. The average Bonchev–Trinajstić information content (AvgIpc) is 3.07. The molecule has 8 heteroatoms. The first-order valence-electron chi connectivity index (χ1n) is 6.39. The number of methoxy groups -OCH3 is 1. The molecule has 20 heavy (non-hydrogen) atoms. The summed E-state index contributed by atoms with van der Waals surface area (Å²) in [6, 6.07) is 1.61. The summed E-state index contributed by atoms with van der Waals surface area (Å²) in [6.07, 6.45) is 2.48. The predicted octanol–water partition coefficient (Wildman–Crippen LogP) is -0.499. The largest absolute Gasteiger partial charge is 0.468 e. The molecular weight excluding hydrogens is 264 g/mol. The minimum atomic E-state index is -0.491. The molecule has 2 rings (SSSR count). The van der Waals surface area contributed by atoms with Crippen LogP contribution in [0.2, 0.25) is 0 Å². The van der Waals surface area contributed by atoms with Gasteiger partial charge in [0, 0.05) is 18.8 Å². The van der Waals surface area contributed by atoms with Gasteiger partial charge in [0.25, 0.3) is 5.91 Å². The maximum atomic E-state index is 11.9. The summed E-state index contributed by atoms with van der Waals surface area (Å²) in [5, 5.41) is 6.70. The Balaban J connectivity index is 1.87. The van der Waals surface area contributed by atoms with Gasteiger partial charge in [-0.05, 0) is 12.8 Å². The molecule has 1 aliphatic heterocycles. The van der Waals surface area contributed by atoms with Crippen LogP contribution < -0.4 is 11.1 Å². The van der Waals surface area contributed by atoms with E-state index in [9.17, 15) is 9.59 Å². The van der Waals surface area contributed by atoms with E-state index < -0.39 is 12.1 Å². The lowest BCUT2D eigenvalue weighted by Gasteiger charge is -2.11. The molecule has 0 unspecified atom stereocenters. The third-order valence-corrected chi connectivity index (χ3v) is 3.07. The molecule has 110 valence electrons. The first-order valence-corrected chi connectivity index (χ1v) is 6.39. The van der Waals surface area contributed by atoms with Gasteiger partial charge >= 0.3 is 5.97 Å². The van der Waals surface area contributed by atoms with E-state index in [1.807, 2.05) is 0 Å². The van der Waals surface area contributed by atoms with E-state index >= 15 is 0 Å². The molecule has 0 saturated carbocycles. The van der Waals surface area contributed by atoms with Crippen LogP contribution in [0.1, 0.15) is 12.8 Å². The summed E-state index contributed by atoms with van der Waals surface area (Å²) in [5.74, 6) is -0.279. The van der Waals surface area contributed by atoms with Crippen molar-refractivity contribution in [3.8, 4) is 0 Å². The Morgan fingerprint density at radius 2 is 2.40 bits per heavy atom. The SMILES string of the molecule is COC(=O)Cn1ccc(NC(=O)[C@@H]2CC[C@H](CN)O2)n1. The Hall–Kier alpha value is -1.93. The quantitative estimate of drug-likeness (QED) is 0.705. The van der Waals surface area contributed by atoms with Crippen LogP contribution in [0.5, 0.6) is 0 Å².